The van der Waals surface area contributed by atoms with Gasteiger partial charge < -0.3 is 9.30 Å². The van der Waals surface area contributed by atoms with Crippen molar-refractivity contribution in [3.63, 3.8) is 0 Å². The second-order valence-corrected chi connectivity index (χ2v) is 9.86. The third kappa shape index (κ3) is 4.43. The minimum absolute atomic E-state index is 0.0562. The summed E-state index contributed by atoms with van der Waals surface area (Å²) in [6, 6.07) is 11.7. The average molecular weight is 471 g/mol. The molecule has 9 nitrogen and oxygen atoms in total. The number of aromatic nitrogens is 3. The van der Waals surface area contributed by atoms with E-state index >= 15 is 0 Å². The Balaban J connectivity index is 1.85. The predicted octanol–water partition coefficient (Wildman–Crippen LogP) is 2.35. The molecule has 32 heavy (non-hydrogen) atoms. The van der Waals surface area contributed by atoms with E-state index in [0.29, 0.717) is 21.3 Å². The van der Waals surface area contributed by atoms with Gasteiger partial charge in [0.05, 0.1) is 38.9 Å². The van der Waals surface area contributed by atoms with Gasteiger partial charge in [-0.15, -0.1) is 0 Å². The number of nitrogens with zero attached hydrogens (tertiary/aromatic N) is 4. The van der Waals surface area contributed by atoms with Crippen LogP contribution in [0, 0.1) is 0 Å². The molecule has 0 N–H and O–H groups in total. The molecule has 0 spiro atoms. The molecule has 0 fully saturated rings. The van der Waals surface area contributed by atoms with Gasteiger partial charge in [0.25, 0.3) is 5.91 Å². The van der Waals surface area contributed by atoms with Crippen LogP contribution in [0.1, 0.15) is 17.4 Å². The molecule has 0 bridgehead atoms. The molecule has 0 unspecified atom stereocenters. The van der Waals surface area contributed by atoms with Crippen molar-refractivity contribution in [1.29, 1.82) is 0 Å². The van der Waals surface area contributed by atoms with Crippen LogP contribution in [0.5, 0.6) is 0 Å². The van der Waals surface area contributed by atoms with Crippen LogP contribution in [-0.2, 0) is 25.9 Å². The molecule has 0 saturated carbocycles. The van der Waals surface area contributed by atoms with Crippen molar-refractivity contribution in [3.05, 3.63) is 59.2 Å². The van der Waals surface area contributed by atoms with Crippen molar-refractivity contribution in [2.24, 2.45) is 4.99 Å². The maximum atomic E-state index is 12.8. The molecular formula is C21H18N4O5S2. The molecule has 2 heterocycles. The quantitative estimate of drug-likeness (QED) is 0.411. The van der Waals surface area contributed by atoms with Gasteiger partial charge in [-0.2, -0.15) is 4.99 Å². The zero-order chi connectivity index (χ0) is 22.9. The van der Waals surface area contributed by atoms with Crippen molar-refractivity contribution < 1.29 is 22.7 Å². The Hall–Kier alpha value is -3.44. The fourth-order valence-electron chi connectivity index (χ4n) is 3.06. The Kier molecular flexibility index (Phi) is 5.85. The van der Waals surface area contributed by atoms with Gasteiger partial charge in [0.2, 0.25) is 0 Å². The second-order valence-electron chi connectivity index (χ2n) is 6.84. The Morgan fingerprint density at radius 3 is 2.62 bits per heavy atom. The monoisotopic (exact) mass is 470 g/mol. The predicted molar refractivity (Wildman–Crippen MR) is 119 cm³/mol. The van der Waals surface area contributed by atoms with Gasteiger partial charge in [-0.3, -0.25) is 14.6 Å². The van der Waals surface area contributed by atoms with Crippen LogP contribution >= 0.6 is 11.3 Å². The lowest BCUT2D eigenvalue weighted by Gasteiger charge is -2.05. The van der Waals surface area contributed by atoms with E-state index in [0.717, 1.165) is 17.6 Å². The van der Waals surface area contributed by atoms with Gasteiger partial charge in [-0.05, 0) is 37.3 Å². The highest BCUT2D eigenvalue weighted by atomic mass is 32.2. The fourth-order valence-corrected chi connectivity index (χ4v) is 4.85. The van der Waals surface area contributed by atoms with Crippen molar-refractivity contribution in [3.8, 4) is 0 Å². The summed E-state index contributed by atoms with van der Waals surface area (Å²) in [6.45, 7) is 1.72. The van der Waals surface area contributed by atoms with E-state index < -0.39 is 21.7 Å². The van der Waals surface area contributed by atoms with Crippen LogP contribution in [0.3, 0.4) is 0 Å². The smallest absolute Gasteiger partial charge is 0.326 e. The number of hydrogen-bond acceptors (Lipinski definition) is 8. The minimum atomic E-state index is -3.43. The first-order chi connectivity index (χ1) is 15.3. The van der Waals surface area contributed by atoms with Gasteiger partial charge in [0, 0.05) is 6.26 Å². The van der Waals surface area contributed by atoms with Crippen molar-refractivity contribution in [1.82, 2.24) is 14.5 Å². The summed E-state index contributed by atoms with van der Waals surface area (Å²) in [5.41, 5.74) is 1.82. The normalized spacial score (nSPS) is 12.4. The molecule has 0 aliphatic carbocycles. The van der Waals surface area contributed by atoms with E-state index in [1.54, 1.807) is 31.2 Å². The number of para-hydroxylation sites is 2. The number of amides is 1. The van der Waals surface area contributed by atoms with E-state index in [2.05, 4.69) is 15.0 Å². The molecule has 4 aromatic rings. The molecular weight excluding hydrogens is 452 g/mol. The number of hydrogen-bond donors (Lipinski definition) is 0. The molecule has 4 rings (SSSR count). The number of carbonyl (C=O) groups excluding carboxylic acids is 2. The number of esters is 1. The zero-order valence-corrected chi connectivity index (χ0v) is 18.8. The lowest BCUT2D eigenvalue weighted by Crippen LogP contribution is -2.23. The van der Waals surface area contributed by atoms with Crippen LogP contribution in [0.25, 0.3) is 21.3 Å². The number of fused-ring (bicyclic) bond motifs is 2. The van der Waals surface area contributed by atoms with E-state index in [1.165, 1.54) is 22.9 Å². The number of thiazole rings is 1. The third-order valence-corrected chi connectivity index (χ3v) is 6.69. The maximum Gasteiger partial charge on any atom is 0.326 e. The van der Waals surface area contributed by atoms with Crippen LogP contribution in [0.15, 0.2) is 58.5 Å². The lowest BCUT2D eigenvalue weighted by molar-refractivity contribution is -0.143. The first-order valence-electron chi connectivity index (χ1n) is 9.56. The summed E-state index contributed by atoms with van der Waals surface area (Å²) >= 11 is 1.10. The van der Waals surface area contributed by atoms with E-state index in [4.69, 9.17) is 4.74 Å². The van der Waals surface area contributed by atoms with Gasteiger partial charge in [0.1, 0.15) is 12.2 Å². The van der Waals surface area contributed by atoms with Gasteiger partial charge in [-0.1, -0.05) is 23.5 Å². The van der Waals surface area contributed by atoms with Crippen molar-refractivity contribution in [2.45, 2.75) is 18.4 Å². The summed E-state index contributed by atoms with van der Waals surface area (Å²) in [6.07, 6.45) is 2.46. The lowest BCUT2D eigenvalue weighted by atomic mass is 10.3. The van der Waals surface area contributed by atoms with Crippen molar-refractivity contribution >= 4 is 54.3 Å². The van der Waals surface area contributed by atoms with Gasteiger partial charge >= 0.3 is 5.97 Å². The zero-order valence-electron chi connectivity index (χ0n) is 17.2. The second kappa shape index (κ2) is 8.60. The highest BCUT2D eigenvalue weighted by Crippen LogP contribution is 2.22. The number of ether oxygens (including phenoxy) is 1. The van der Waals surface area contributed by atoms with E-state index in [1.807, 2.05) is 6.07 Å². The fraction of sp³-hybridized carbons (Fsp3) is 0.190. The van der Waals surface area contributed by atoms with Crippen LogP contribution in [-0.4, -0.2) is 47.7 Å². The van der Waals surface area contributed by atoms with E-state index in [-0.39, 0.29) is 28.5 Å². The Morgan fingerprint density at radius 1 is 1.16 bits per heavy atom. The summed E-state index contributed by atoms with van der Waals surface area (Å²) in [4.78, 5) is 38.0. The highest BCUT2D eigenvalue weighted by molar-refractivity contribution is 7.90. The molecule has 0 radical (unpaired) electrons. The molecule has 0 aliphatic heterocycles. The Morgan fingerprint density at radius 2 is 1.91 bits per heavy atom. The molecule has 11 heteroatoms. The van der Waals surface area contributed by atoms with Crippen molar-refractivity contribution in [2.75, 3.05) is 12.9 Å². The summed E-state index contributed by atoms with van der Waals surface area (Å²) in [5, 5.41) is 0. The first kappa shape index (κ1) is 21.8. The minimum Gasteiger partial charge on any atom is -0.465 e. The third-order valence-electron chi connectivity index (χ3n) is 4.54. The summed E-state index contributed by atoms with van der Waals surface area (Å²) in [5.74, 6) is -1.13. The molecule has 0 atom stereocenters. The Labute approximate surface area is 187 Å². The SMILES string of the molecule is CCOC(=O)Cn1c(=NC(=O)c2cnc3ccccc3n2)sc2cc(S(C)(=O)=O)ccc21. The van der Waals surface area contributed by atoms with Crippen LogP contribution < -0.4 is 4.80 Å². The molecule has 164 valence electrons. The maximum absolute atomic E-state index is 12.8. The molecule has 2 aromatic heterocycles. The Bertz CT molecular complexity index is 1540. The number of rotatable bonds is 5. The van der Waals surface area contributed by atoms with Crippen LogP contribution in [0.4, 0.5) is 0 Å². The molecule has 2 aromatic carbocycles. The van der Waals surface area contributed by atoms with E-state index in [9.17, 15) is 18.0 Å². The highest BCUT2D eigenvalue weighted by Gasteiger charge is 2.16. The summed E-state index contributed by atoms with van der Waals surface area (Å²) in [7, 11) is -3.43. The molecule has 0 aliphatic rings. The van der Waals surface area contributed by atoms with Gasteiger partial charge in [0.15, 0.2) is 14.6 Å². The first-order valence-corrected chi connectivity index (χ1v) is 12.3. The standard InChI is InChI=1S/C21H18N4O5S2/c1-3-30-19(26)12-25-17-9-8-13(32(2,28)29)10-18(17)31-21(25)24-20(27)16-11-22-14-6-4-5-7-15(14)23-16/h4-11H,3,12H2,1-2H3. The number of benzene rings is 2. The number of carbonyl (C=O) groups is 2. The summed E-state index contributed by atoms with van der Waals surface area (Å²) < 4.78 is 31.0. The van der Waals surface area contributed by atoms with Crippen LogP contribution in [0.2, 0.25) is 0 Å². The molecule has 1 amide bonds. The molecule has 0 saturated heterocycles. The van der Waals surface area contributed by atoms with Gasteiger partial charge in [-0.25, -0.2) is 13.4 Å². The average Bonchev–Trinajstić information content (AvgIpc) is 3.09. The number of sulfone groups is 1. The topological polar surface area (TPSA) is 121 Å². The largest absolute Gasteiger partial charge is 0.465 e.